The average Bonchev–Trinajstić information content (AvgIpc) is 2.96. The molecule has 150 valence electrons. The van der Waals surface area contributed by atoms with E-state index >= 15 is 0 Å². The molecule has 0 fully saturated rings. The number of rotatable bonds is 3. The third-order valence-electron chi connectivity index (χ3n) is 5.88. The lowest BCUT2D eigenvalue weighted by Gasteiger charge is -2.29. The predicted molar refractivity (Wildman–Crippen MR) is 122 cm³/mol. The lowest BCUT2D eigenvalue weighted by atomic mass is 9.80. The summed E-state index contributed by atoms with van der Waals surface area (Å²) in [6.07, 6.45) is 1.36. The van der Waals surface area contributed by atoms with Crippen LogP contribution in [0, 0.1) is 0 Å². The summed E-state index contributed by atoms with van der Waals surface area (Å²) < 4.78 is 5.67. The fourth-order valence-corrected chi connectivity index (χ4v) is 5.81. The summed E-state index contributed by atoms with van der Waals surface area (Å²) in [7, 11) is 1.69. The number of allylic oxidation sites excluding steroid dienone is 1. The molecule has 1 N–H and O–H groups in total. The largest absolute Gasteiger partial charge is 0.496 e. The molecular weight excluding hydrogens is 390 g/mol. The molecule has 1 aliphatic carbocycles. The quantitative estimate of drug-likeness (QED) is 0.543. The normalized spacial score (nSPS) is 20.6. The molecule has 5 rings (SSSR count). The van der Waals surface area contributed by atoms with Crippen molar-refractivity contribution in [2.24, 2.45) is 0 Å². The predicted octanol–water partition coefficient (Wildman–Crippen LogP) is 6.35. The highest BCUT2D eigenvalue weighted by molar-refractivity contribution is 8.00. The number of hydrogen-bond donors (Lipinski definition) is 1. The molecule has 4 heteroatoms. The zero-order valence-corrected chi connectivity index (χ0v) is 17.6. The van der Waals surface area contributed by atoms with Crippen molar-refractivity contribution in [2.45, 2.75) is 28.9 Å². The van der Waals surface area contributed by atoms with Crippen LogP contribution in [0.4, 0.5) is 5.69 Å². The van der Waals surface area contributed by atoms with E-state index in [1.807, 2.05) is 48.5 Å². The molecule has 1 heterocycles. The van der Waals surface area contributed by atoms with Gasteiger partial charge < -0.3 is 10.1 Å². The van der Waals surface area contributed by atoms with Gasteiger partial charge in [0, 0.05) is 28.1 Å². The fraction of sp³-hybridized carbons (Fsp3) is 0.192. The molecule has 0 bridgehead atoms. The number of carbonyl (C=O) groups excluding carboxylic acids is 1. The Bertz CT molecular complexity index is 1120. The van der Waals surface area contributed by atoms with E-state index in [4.69, 9.17) is 4.74 Å². The Morgan fingerprint density at radius 2 is 1.63 bits per heavy atom. The van der Waals surface area contributed by atoms with E-state index in [9.17, 15) is 4.79 Å². The Kier molecular flexibility index (Phi) is 5.09. The Labute approximate surface area is 181 Å². The topological polar surface area (TPSA) is 38.3 Å². The van der Waals surface area contributed by atoms with Crippen molar-refractivity contribution >= 4 is 23.2 Å². The molecule has 3 nitrogen and oxygen atoms in total. The number of nitrogens with one attached hydrogen (secondary N) is 1. The number of carbonyl (C=O) groups is 1. The van der Waals surface area contributed by atoms with Gasteiger partial charge in [-0.05, 0) is 36.1 Å². The van der Waals surface area contributed by atoms with Gasteiger partial charge in [0.15, 0.2) is 5.78 Å². The van der Waals surface area contributed by atoms with Crippen LogP contribution in [0.15, 0.2) is 95.0 Å². The fourth-order valence-electron chi connectivity index (χ4n) is 4.44. The smallest absolute Gasteiger partial charge is 0.162 e. The number of benzene rings is 3. The van der Waals surface area contributed by atoms with Crippen LogP contribution in [-0.4, -0.2) is 12.9 Å². The first-order valence-corrected chi connectivity index (χ1v) is 11.1. The Morgan fingerprint density at radius 1 is 0.900 bits per heavy atom. The van der Waals surface area contributed by atoms with Gasteiger partial charge in [0.25, 0.3) is 0 Å². The first-order chi connectivity index (χ1) is 14.7. The molecule has 0 radical (unpaired) electrons. The molecule has 0 aromatic heterocycles. The second-order valence-corrected chi connectivity index (χ2v) is 8.84. The van der Waals surface area contributed by atoms with Crippen LogP contribution < -0.4 is 10.1 Å². The second kappa shape index (κ2) is 8.04. The third kappa shape index (κ3) is 3.41. The molecule has 2 aliphatic rings. The first-order valence-electron chi connectivity index (χ1n) is 10.2. The summed E-state index contributed by atoms with van der Waals surface area (Å²) in [5, 5.41) is 3.53. The minimum Gasteiger partial charge on any atom is -0.496 e. The van der Waals surface area contributed by atoms with Crippen molar-refractivity contribution in [1.82, 2.24) is 0 Å². The number of hydrogen-bond acceptors (Lipinski definition) is 4. The van der Waals surface area contributed by atoms with Gasteiger partial charge >= 0.3 is 0 Å². The summed E-state index contributed by atoms with van der Waals surface area (Å²) in [4.78, 5) is 14.7. The number of thioether (sulfide) groups is 1. The van der Waals surface area contributed by atoms with Gasteiger partial charge in [-0.25, -0.2) is 0 Å². The van der Waals surface area contributed by atoms with Gasteiger partial charge in [0.2, 0.25) is 0 Å². The second-order valence-electron chi connectivity index (χ2n) is 7.69. The number of Topliss-reactive ketones (excluding diaryl/α,β-unsaturated/α-hetero) is 1. The number of ether oxygens (including phenoxy) is 1. The standard InChI is InChI=1S/C26H23NO2S/c1-29-23-13-7-5-11-19(23)26-25-21(27-20-12-6-8-14-24(20)30-26)15-18(16-22(25)28)17-9-3-2-4-10-17/h2-14,18,26-27H,15-16H2,1H3. The maximum atomic E-state index is 13.5. The summed E-state index contributed by atoms with van der Waals surface area (Å²) in [6, 6.07) is 26.7. The minimum absolute atomic E-state index is 0.100. The van der Waals surface area contributed by atoms with Crippen molar-refractivity contribution in [3.05, 3.63) is 101 Å². The molecule has 30 heavy (non-hydrogen) atoms. The van der Waals surface area contributed by atoms with Crippen molar-refractivity contribution in [1.29, 1.82) is 0 Å². The van der Waals surface area contributed by atoms with E-state index in [1.165, 1.54) is 5.56 Å². The van der Waals surface area contributed by atoms with Crippen LogP contribution in [0.5, 0.6) is 5.75 Å². The zero-order valence-electron chi connectivity index (χ0n) is 16.8. The highest BCUT2D eigenvalue weighted by Crippen LogP contribution is 2.52. The van der Waals surface area contributed by atoms with E-state index in [2.05, 4.69) is 35.6 Å². The maximum absolute atomic E-state index is 13.5. The first kappa shape index (κ1) is 19.0. The molecule has 2 atom stereocenters. The summed E-state index contributed by atoms with van der Waals surface area (Å²) in [6.45, 7) is 0. The SMILES string of the molecule is COc1ccccc1C1Sc2ccccc2NC2=C1C(=O)CC(c1ccccc1)C2. The molecule has 2 unspecified atom stereocenters. The zero-order chi connectivity index (χ0) is 20.5. The van der Waals surface area contributed by atoms with Crippen molar-refractivity contribution < 1.29 is 9.53 Å². The van der Waals surface area contributed by atoms with E-state index in [-0.39, 0.29) is 17.0 Å². The highest BCUT2D eigenvalue weighted by Gasteiger charge is 2.37. The maximum Gasteiger partial charge on any atom is 0.162 e. The number of ketones is 1. The van der Waals surface area contributed by atoms with Crippen LogP contribution in [0.25, 0.3) is 0 Å². The van der Waals surface area contributed by atoms with Gasteiger partial charge in [0.05, 0.1) is 18.0 Å². The van der Waals surface area contributed by atoms with E-state index in [1.54, 1.807) is 18.9 Å². The van der Waals surface area contributed by atoms with E-state index in [0.717, 1.165) is 39.6 Å². The lowest BCUT2D eigenvalue weighted by Crippen LogP contribution is -2.24. The summed E-state index contributed by atoms with van der Waals surface area (Å²) in [5.41, 5.74) is 5.25. The lowest BCUT2D eigenvalue weighted by molar-refractivity contribution is -0.116. The molecule has 0 saturated carbocycles. The van der Waals surface area contributed by atoms with Crippen molar-refractivity contribution in [3.63, 3.8) is 0 Å². The van der Waals surface area contributed by atoms with Gasteiger partial charge in [-0.15, -0.1) is 11.8 Å². The number of anilines is 1. The summed E-state index contributed by atoms with van der Waals surface area (Å²) in [5.74, 6) is 1.23. The van der Waals surface area contributed by atoms with Crippen LogP contribution in [-0.2, 0) is 4.79 Å². The molecule has 0 spiro atoms. The van der Waals surface area contributed by atoms with Gasteiger partial charge in [-0.3, -0.25) is 4.79 Å². The Balaban J connectivity index is 1.64. The van der Waals surface area contributed by atoms with Crippen LogP contribution in [0.2, 0.25) is 0 Å². The average molecular weight is 414 g/mol. The summed E-state index contributed by atoms with van der Waals surface area (Å²) >= 11 is 1.73. The Hall–Kier alpha value is -2.98. The molecular formula is C26H23NO2S. The van der Waals surface area contributed by atoms with Gasteiger partial charge in [-0.1, -0.05) is 60.7 Å². The van der Waals surface area contributed by atoms with Crippen LogP contribution in [0.3, 0.4) is 0 Å². The minimum atomic E-state index is -0.100. The third-order valence-corrected chi connectivity index (χ3v) is 7.22. The van der Waals surface area contributed by atoms with E-state index < -0.39 is 0 Å². The van der Waals surface area contributed by atoms with E-state index in [0.29, 0.717) is 6.42 Å². The van der Waals surface area contributed by atoms with Crippen LogP contribution in [0.1, 0.15) is 35.1 Å². The monoisotopic (exact) mass is 413 g/mol. The molecule has 0 amide bonds. The number of para-hydroxylation sites is 2. The highest BCUT2D eigenvalue weighted by atomic mass is 32.2. The van der Waals surface area contributed by atoms with Gasteiger partial charge in [0.1, 0.15) is 5.75 Å². The molecule has 0 saturated heterocycles. The van der Waals surface area contributed by atoms with Crippen molar-refractivity contribution in [3.8, 4) is 5.75 Å². The number of fused-ring (bicyclic) bond motifs is 1. The molecule has 1 aliphatic heterocycles. The molecule has 3 aromatic carbocycles. The number of methoxy groups -OCH3 is 1. The molecule has 3 aromatic rings. The van der Waals surface area contributed by atoms with Crippen LogP contribution >= 0.6 is 11.8 Å². The Morgan fingerprint density at radius 3 is 2.47 bits per heavy atom. The van der Waals surface area contributed by atoms with Gasteiger partial charge in [-0.2, -0.15) is 0 Å². The van der Waals surface area contributed by atoms with Crippen molar-refractivity contribution in [2.75, 3.05) is 12.4 Å².